The first-order valence-electron chi connectivity index (χ1n) is 3.72. The Morgan fingerprint density at radius 2 is 2.15 bits per heavy atom. The predicted octanol–water partition coefficient (Wildman–Crippen LogP) is 0.484. The van der Waals surface area contributed by atoms with Gasteiger partial charge in [0.25, 0.3) is 0 Å². The van der Waals surface area contributed by atoms with Crippen molar-refractivity contribution in [2.45, 2.75) is 6.04 Å². The van der Waals surface area contributed by atoms with Gasteiger partial charge < -0.3 is 11.1 Å². The van der Waals surface area contributed by atoms with Crippen molar-refractivity contribution in [1.82, 2.24) is 5.32 Å². The minimum atomic E-state index is -1.14. The van der Waals surface area contributed by atoms with E-state index < -0.39 is 14.1 Å². The van der Waals surface area contributed by atoms with Gasteiger partial charge in [-0.05, 0) is 6.26 Å². The lowest BCUT2D eigenvalue weighted by Crippen LogP contribution is -2.42. The number of thiol groups is 3. The third kappa shape index (κ3) is 7.87. The normalized spacial score (nSPS) is 15.2. The van der Waals surface area contributed by atoms with Gasteiger partial charge in [0.2, 0.25) is 5.91 Å². The Balaban J connectivity index is 3.60. The molecule has 0 bridgehead atoms. The van der Waals surface area contributed by atoms with Crippen molar-refractivity contribution in [1.29, 1.82) is 0 Å². The summed E-state index contributed by atoms with van der Waals surface area (Å²) in [6.07, 6.45) is 1.95. The van der Waals surface area contributed by atoms with Gasteiger partial charge in [-0.1, -0.05) is 0 Å². The Hall–Kier alpha value is 0.830. The number of amides is 1. The number of carbonyl (C=O) groups excluding carboxylic acids is 1. The maximum atomic E-state index is 11.1. The van der Waals surface area contributed by atoms with Crippen LogP contribution in [0.3, 0.4) is 0 Å². The molecule has 13 heavy (non-hydrogen) atoms. The SMILES string of the molecule is CS(S)(S)CCNC(=O)C(N)CS. The number of nitrogens with two attached hydrogens (primary N) is 1. The van der Waals surface area contributed by atoms with Crippen molar-refractivity contribution >= 4 is 49.9 Å². The molecule has 3 N–H and O–H groups in total. The van der Waals surface area contributed by atoms with Gasteiger partial charge in [0.15, 0.2) is 0 Å². The fourth-order valence-electron chi connectivity index (χ4n) is 0.582. The van der Waals surface area contributed by atoms with E-state index in [2.05, 4.69) is 41.3 Å². The van der Waals surface area contributed by atoms with Crippen molar-refractivity contribution in [2.24, 2.45) is 5.73 Å². The largest absolute Gasteiger partial charge is 0.354 e. The van der Waals surface area contributed by atoms with Crippen LogP contribution < -0.4 is 11.1 Å². The highest BCUT2D eigenvalue weighted by molar-refractivity contribution is 9.17. The van der Waals surface area contributed by atoms with E-state index in [9.17, 15) is 4.79 Å². The second-order valence-corrected chi connectivity index (χ2v) is 11.2. The predicted molar refractivity (Wildman–Crippen MR) is 71.2 cm³/mol. The van der Waals surface area contributed by atoms with Gasteiger partial charge >= 0.3 is 0 Å². The molecule has 0 aliphatic rings. The smallest absolute Gasteiger partial charge is 0.237 e. The topological polar surface area (TPSA) is 55.1 Å². The highest BCUT2D eigenvalue weighted by Gasteiger charge is 2.12. The molecule has 0 saturated heterocycles. The molecular weight excluding hydrogens is 244 g/mol. The molecule has 0 spiro atoms. The standard InChI is InChI=1S/C6H16N2OS4/c1-13(11,12)3-2-8-6(9)5(7)4-10/h5,10-12H,2-4,7H2,1H3,(H,8,9). The number of rotatable bonds is 5. The number of nitrogens with one attached hydrogen (secondary N) is 1. The van der Waals surface area contributed by atoms with Crippen LogP contribution in [0.4, 0.5) is 0 Å². The Bertz CT molecular complexity index is 171. The summed E-state index contributed by atoms with van der Waals surface area (Å²) in [6.45, 7) is 0.569. The maximum Gasteiger partial charge on any atom is 0.237 e. The zero-order valence-corrected chi connectivity index (χ0v) is 10.9. The van der Waals surface area contributed by atoms with Crippen molar-refractivity contribution < 1.29 is 4.79 Å². The van der Waals surface area contributed by atoms with Crippen LogP contribution in [-0.2, 0) is 4.79 Å². The minimum absolute atomic E-state index is 0.166. The average Bonchev–Trinajstić information content (AvgIpc) is 2.00. The molecule has 3 nitrogen and oxygen atoms in total. The second kappa shape index (κ2) is 6.34. The summed E-state index contributed by atoms with van der Waals surface area (Å²) < 4.78 is 0. The molecule has 0 aliphatic heterocycles. The lowest BCUT2D eigenvalue weighted by atomic mass is 10.3. The maximum absolute atomic E-state index is 11.1. The summed E-state index contributed by atoms with van der Waals surface area (Å²) in [4.78, 5) is 11.1. The molecule has 0 heterocycles. The lowest BCUT2D eigenvalue weighted by Gasteiger charge is -2.22. The number of hydrogen-bond acceptors (Lipinski definition) is 5. The summed E-state index contributed by atoms with van der Waals surface area (Å²) in [7, 11) is -1.14. The third-order valence-corrected chi connectivity index (χ3v) is 3.79. The van der Waals surface area contributed by atoms with E-state index in [1.807, 2.05) is 6.26 Å². The van der Waals surface area contributed by atoms with Crippen LogP contribution in [0.15, 0.2) is 0 Å². The highest BCUT2D eigenvalue weighted by Crippen LogP contribution is 2.52. The van der Waals surface area contributed by atoms with Gasteiger partial charge in [0.1, 0.15) is 0 Å². The third-order valence-electron chi connectivity index (χ3n) is 1.32. The Labute approximate surface area is 95.9 Å². The first-order valence-corrected chi connectivity index (χ1v) is 8.66. The van der Waals surface area contributed by atoms with Crippen molar-refractivity contribution in [3.8, 4) is 0 Å². The molecule has 0 aromatic heterocycles. The molecule has 0 fully saturated rings. The molecule has 7 heteroatoms. The summed E-state index contributed by atoms with van der Waals surface area (Å²) in [6, 6.07) is -0.524. The van der Waals surface area contributed by atoms with E-state index in [0.29, 0.717) is 12.3 Å². The van der Waals surface area contributed by atoms with E-state index in [4.69, 9.17) is 5.73 Å². The van der Waals surface area contributed by atoms with E-state index in [0.717, 1.165) is 5.75 Å². The summed E-state index contributed by atoms with van der Waals surface area (Å²) in [5.41, 5.74) is 5.45. The number of carbonyl (C=O) groups is 1. The lowest BCUT2D eigenvalue weighted by molar-refractivity contribution is -0.121. The van der Waals surface area contributed by atoms with Crippen LogP contribution in [-0.4, -0.2) is 36.3 Å². The fourth-order valence-corrected chi connectivity index (χ4v) is 1.78. The molecule has 0 aromatic rings. The van der Waals surface area contributed by atoms with E-state index in [1.165, 1.54) is 0 Å². The first-order chi connectivity index (χ1) is 5.87. The molecule has 1 amide bonds. The first kappa shape index (κ1) is 13.8. The van der Waals surface area contributed by atoms with Crippen molar-refractivity contribution in [2.75, 3.05) is 24.3 Å². The van der Waals surface area contributed by atoms with Crippen LogP contribution in [0.25, 0.3) is 0 Å². The molecule has 0 rings (SSSR count). The minimum Gasteiger partial charge on any atom is -0.354 e. The van der Waals surface area contributed by atoms with Gasteiger partial charge in [0.05, 0.1) is 6.04 Å². The zero-order chi connectivity index (χ0) is 10.5. The summed E-state index contributed by atoms with van der Waals surface area (Å²) in [5, 5.41) is 2.70. The Morgan fingerprint density at radius 3 is 2.54 bits per heavy atom. The average molecular weight is 260 g/mol. The van der Waals surface area contributed by atoms with Crippen LogP contribution >= 0.6 is 44.0 Å². The molecule has 0 aliphatic carbocycles. The molecule has 1 atom stereocenters. The Morgan fingerprint density at radius 1 is 1.62 bits per heavy atom. The molecule has 80 valence electrons. The summed E-state index contributed by atoms with van der Waals surface area (Å²) in [5.74, 6) is 0.961. The molecule has 1 unspecified atom stereocenters. The van der Waals surface area contributed by atoms with Crippen molar-refractivity contribution in [3.63, 3.8) is 0 Å². The van der Waals surface area contributed by atoms with Gasteiger partial charge in [-0.3, -0.25) is 4.79 Å². The van der Waals surface area contributed by atoms with Gasteiger partial charge in [-0.2, -0.15) is 20.7 Å². The van der Waals surface area contributed by atoms with E-state index >= 15 is 0 Å². The zero-order valence-electron chi connectivity index (χ0n) is 7.43. The monoisotopic (exact) mass is 260 g/mol. The highest BCUT2D eigenvalue weighted by atomic mass is 33.5. The molecule has 0 aromatic carbocycles. The van der Waals surface area contributed by atoms with Gasteiger partial charge in [0, 0.05) is 18.1 Å². The van der Waals surface area contributed by atoms with Gasteiger partial charge in [-0.15, -0.1) is 23.3 Å². The Kier molecular flexibility index (Phi) is 6.74. The van der Waals surface area contributed by atoms with Crippen LogP contribution in [0, 0.1) is 0 Å². The summed E-state index contributed by atoms with van der Waals surface area (Å²) >= 11 is 12.5. The van der Waals surface area contributed by atoms with Gasteiger partial charge in [-0.25, -0.2) is 0 Å². The van der Waals surface area contributed by atoms with E-state index in [-0.39, 0.29) is 5.91 Å². The molecular formula is C6H16N2OS4. The van der Waals surface area contributed by atoms with Crippen molar-refractivity contribution in [3.05, 3.63) is 0 Å². The van der Waals surface area contributed by atoms with Crippen LogP contribution in [0.2, 0.25) is 0 Å². The fraction of sp³-hybridized carbons (Fsp3) is 0.833. The molecule has 0 saturated carbocycles. The number of hydrogen-bond donors (Lipinski definition) is 5. The quantitative estimate of drug-likeness (QED) is 0.369. The second-order valence-electron chi connectivity index (χ2n) is 2.78. The van der Waals surface area contributed by atoms with Crippen LogP contribution in [0.5, 0.6) is 0 Å². The van der Waals surface area contributed by atoms with E-state index in [1.54, 1.807) is 0 Å². The van der Waals surface area contributed by atoms with Crippen LogP contribution in [0.1, 0.15) is 0 Å². The molecule has 0 radical (unpaired) electrons.